The van der Waals surface area contributed by atoms with Crippen LogP contribution in [0.3, 0.4) is 0 Å². The number of carboxylic acids is 1. The summed E-state index contributed by atoms with van der Waals surface area (Å²) in [4.78, 5) is 23.4. The zero-order chi connectivity index (χ0) is 15.6. The molecule has 1 amide bonds. The first kappa shape index (κ1) is 15.5. The quantitative estimate of drug-likeness (QED) is 0.894. The minimum atomic E-state index is -0.996. The molecule has 4 heteroatoms. The van der Waals surface area contributed by atoms with Crippen molar-refractivity contribution in [3.8, 4) is 0 Å². The summed E-state index contributed by atoms with van der Waals surface area (Å²) in [6.07, 6.45) is 3.60. The molecular formula is C17H23NO3. The van der Waals surface area contributed by atoms with Crippen molar-refractivity contribution in [2.75, 3.05) is 0 Å². The van der Waals surface area contributed by atoms with Crippen LogP contribution in [-0.4, -0.2) is 23.0 Å². The topological polar surface area (TPSA) is 66.4 Å². The van der Waals surface area contributed by atoms with E-state index in [1.54, 1.807) is 0 Å². The first-order valence-corrected chi connectivity index (χ1v) is 7.40. The lowest BCUT2D eigenvalue weighted by atomic mass is 9.86. The lowest BCUT2D eigenvalue weighted by Gasteiger charge is -2.27. The monoisotopic (exact) mass is 289 g/mol. The van der Waals surface area contributed by atoms with Crippen LogP contribution in [0, 0.1) is 5.41 Å². The Labute approximate surface area is 125 Å². The minimum Gasteiger partial charge on any atom is -0.480 e. The van der Waals surface area contributed by atoms with Gasteiger partial charge < -0.3 is 10.4 Å². The van der Waals surface area contributed by atoms with Crippen molar-refractivity contribution in [1.82, 2.24) is 5.32 Å². The highest BCUT2D eigenvalue weighted by atomic mass is 16.4. The summed E-state index contributed by atoms with van der Waals surface area (Å²) in [5.41, 5.74) is 3.13. The van der Waals surface area contributed by atoms with E-state index in [1.807, 2.05) is 26.8 Å². The van der Waals surface area contributed by atoms with E-state index >= 15 is 0 Å². The van der Waals surface area contributed by atoms with Gasteiger partial charge in [-0.25, -0.2) is 4.79 Å². The number of aliphatic carboxylic acids is 1. The molecule has 1 aromatic rings. The number of hydrogen-bond acceptors (Lipinski definition) is 2. The summed E-state index contributed by atoms with van der Waals surface area (Å²) in [6, 6.07) is 5.26. The van der Waals surface area contributed by atoms with E-state index in [2.05, 4.69) is 17.4 Å². The van der Waals surface area contributed by atoms with Crippen molar-refractivity contribution >= 4 is 11.9 Å². The van der Waals surface area contributed by atoms with Gasteiger partial charge in [0, 0.05) is 0 Å². The van der Waals surface area contributed by atoms with Gasteiger partial charge in [-0.1, -0.05) is 39.0 Å². The Bertz CT molecular complexity index is 558. The van der Waals surface area contributed by atoms with E-state index < -0.39 is 17.4 Å². The zero-order valence-corrected chi connectivity index (χ0v) is 12.9. The van der Waals surface area contributed by atoms with Crippen LogP contribution in [0.15, 0.2) is 18.2 Å². The van der Waals surface area contributed by atoms with Crippen molar-refractivity contribution in [1.29, 1.82) is 0 Å². The molecule has 0 saturated heterocycles. The molecule has 2 rings (SSSR count). The Hall–Kier alpha value is -1.84. The summed E-state index contributed by atoms with van der Waals surface area (Å²) >= 11 is 0. The standard InChI is InChI=1S/C17H23NO3/c1-17(2,3)15(16(20)21)18-14(19)10-11-7-8-12-5-4-6-13(12)9-11/h7-9,15H,4-6,10H2,1-3H3,(H,18,19)(H,20,21). The number of carbonyl (C=O) groups is 2. The molecule has 0 radical (unpaired) electrons. The van der Waals surface area contributed by atoms with Gasteiger partial charge >= 0.3 is 5.97 Å². The lowest BCUT2D eigenvalue weighted by Crippen LogP contribution is -2.49. The van der Waals surface area contributed by atoms with E-state index in [-0.39, 0.29) is 12.3 Å². The smallest absolute Gasteiger partial charge is 0.326 e. The molecule has 1 aromatic carbocycles. The van der Waals surface area contributed by atoms with E-state index in [0.717, 1.165) is 18.4 Å². The van der Waals surface area contributed by atoms with Gasteiger partial charge in [0.2, 0.25) is 5.91 Å². The average molecular weight is 289 g/mol. The summed E-state index contributed by atoms with van der Waals surface area (Å²) in [5, 5.41) is 11.9. The van der Waals surface area contributed by atoms with Crippen LogP contribution in [0.1, 0.15) is 43.9 Å². The number of amides is 1. The summed E-state index contributed by atoms with van der Waals surface area (Å²) in [6.45, 7) is 5.42. The van der Waals surface area contributed by atoms with Gasteiger partial charge in [-0.15, -0.1) is 0 Å². The molecule has 4 nitrogen and oxygen atoms in total. The highest BCUT2D eigenvalue weighted by Gasteiger charge is 2.32. The predicted octanol–water partition coefficient (Wildman–Crippen LogP) is 2.33. The van der Waals surface area contributed by atoms with Crippen molar-refractivity contribution in [2.24, 2.45) is 5.41 Å². The minimum absolute atomic E-state index is 0.229. The fourth-order valence-corrected chi connectivity index (χ4v) is 2.78. The normalized spacial score (nSPS) is 15.4. The van der Waals surface area contributed by atoms with Crippen LogP contribution in [-0.2, 0) is 28.9 Å². The van der Waals surface area contributed by atoms with Gasteiger partial charge in [-0.2, -0.15) is 0 Å². The number of carboxylic acid groups (broad SMARTS) is 1. The molecule has 0 heterocycles. The van der Waals surface area contributed by atoms with Crippen molar-refractivity contribution in [3.05, 3.63) is 34.9 Å². The Morgan fingerprint density at radius 3 is 2.52 bits per heavy atom. The van der Waals surface area contributed by atoms with Gasteiger partial charge in [0.15, 0.2) is 0 Å². The van der Waals surface area contributed by atoms with Crippen LogP contribution in [0.5, 0.6) is 0 Å². The summed E-state index contributed by atoms with van der Waals surface area (Å²) in [5.74, 6) is -1.24. The number of rotatable bonds is 4. The molecule has 0 saturated carbocycles. The first-order chi connectivity index (χ1) is 9.77. The molecular weight excluding hydrogens is 266 g/mol. The van der Waals surface area contributed by atoms with Crippen LogP contribution in [0.25, 0.3) is 0 Å². The third kappa shape index (κ3) is 3.84. The third-order valence-corrected chi connectivity index (χ3v) is 3.95. The molecule has 0 fully saturated rings. The molecule has 1 aliphatic carbocycles. The van der Waals surface area contributed by atoms with Crippen LogP contribution in [0.2, 0.25) is 0 Å². The largest absolute Gasteiger partial charge is 0.480 e. The molecule has 2 N–H and O–H groups in total. The molecule has 114 valence electrons. The van der Waals surface area contributed by atoms with Crippen LogP contribution < -0.4 is 5.32 Å². The summed E-state index contributed by atoms with van der Waals surface area (Å²) in [7, 11) is 0. The number of aryl methyl sites for hydroxylation is 2. The van der Waals surface area contributed by atoms with E-state index in [0.29, 0.717) is 0 Å². The lowest BCUT2D eigenvalue weighted by molar-refractivity contribution is -0.144. The Morgan fingerprint density at radius 1 is 1.24 bits per heavy atom. The maximum Gasteiger partial charge on any atom is 0.326 e. The van der Waals surface area contributed by atoms with Crippen molar-refractivity contribution < 1.29 is 14.7 Å². The highest BCUT2D eigenvalue weighted by Crippen LogP contribution is 2.23. The van der Waals surface area contributed by atoms with Crippen molar-refractivity contribution in [3.63, 3.8) is 0 Å². The van der Waals surface area contributed by atoms with Gasteiger partial charge in [0.25, 0.3) is 0 Å². The molecule has 1 aliphatic rings. The first-order valence-electron chi connectivity index (χ1n) is 7.40. The van der Waals surface area contributed by atoms with Crippen LogP contribution >= 0.6 is 0 Å². The second-order valence-electron chi connectivity index (χ2n) is 6.84. The molecule has 0 spiro atoms. The average Bonchev–Trinajstić information content (AvgIpc) is 2.81. The van der Waals surface area contributed by atoms with Gasteiger partial charge in [0.05, 0.1) is 6.42 Å². The van der Waals surface area contributed by atoms with E-state index in [9.17, 15) is 14.7 Å². The number of carbonyl (C=O) groups excluding carboxylic acids is 1. The van der Waals surface area contributed by atoms with Gasteiger partial charge in [-0.3, -0.25) is 4.79 Å². The Kier molecular flexibility index (Phi) is 4.35. The second-order valence-corrected chi connectivity index (χ2v) is 6.84. The third-order valence-electron chi connectivity index (χ3n) is 3.95. The van der Waals surface area contributed by atoms with Crippen LogP contribution in [0.4, 0.5) is 0 Å². The molecule has 1 unspecified atom stereocenters. The Morgan fingerprint density at radius 2 is 1.90 bits per heavy atom. The predicted molar refractivity (Wildman–Crippen MR) is 81.2 cm³/mol. The number of fused-ring (bicyclic) bond motifs is 1. The summed E-state index contributed by atoms with van der Waals surface area (Å²) < 4.78 is 0. The fourth-order valence-electron chi connectivity index (χ4n) is 2.78. The maximum atomic E-state index is 12.1. The molecule has 0 aliphatic heterocycles. The molecule has 1 atom stereocenters. The number of hydrogen-bond donors (Lipinski definition) is 2. The second kappa shape index (κ2) is 5.88. The van der Waals surface area contributed by atoms with E-state index in [1.165, 1.54) is 17.5 Å². The van der Waals surface area contributed by atoms with Gasteiger partial charge in [-0.05, 0) is 41.4 Å². The van der Waals surface area contributed by atoms with Gasteiger partial charge in [0.1, 0.15) is 6.04 Å². The molecule has 0 aromatic heterocycles. The fraction of sp³-hybridized carbons (Fsp3) is 0.529. The Balaban J connectivity index is 2.03. The number of benzene rings is 1. The maximum absolute atomic E-state index is 12.1. The SMILES string of the molecule is CC(C)(C)C(NC(=O)Cc1ccc2c(c1)CCC2)C(=O)O. The molecule has 21 heavy (non-hydrogen) atoms. The number of nitrogens with one attached hydrogen (secondary N) is 1. The molecule has 0 bridgehead atoms. The zero-order valence-electron chi connectivity index (χ0n) is 12.9. The highest BCUT2D eigenvalue weighted by molar-refractivity contribution is 5.85. The van der Waals surface area contributed by atoms with E-state index in [4.69, 9.17) is 0 Å². The van der Waals surface area contributed by atoms with Crippen molar-refractivity contribution in [2.45, 2.75) is 52.5 Å².